The standard InChI is InChI=1S/C25H22Cl3FN2O/c1-16-2-9-23(22(28)12-16)31-11-10-30(15-24(31)17-3-6-19(26)7-4-17)25(32)13-18-5-8-20(29)14-21(18)27/h2-9,12,14,24H,10-11,13,15H2,1H3. The molecule has 0 radical (unpaired) electrons. The number of anilines is 1. The van der Waals surface area contributed by atoms with Crippen molar-refractivity contribution in [1.82, 2.24) is 4.90 Å². The molecule has 1 unspecified atom stereocenters. The number of hydrogen-bond donors (Lipinski definition) is 0. The first-order valence-electron chi connectivity index (χ1n) is 10.3. The van der Waals surface area contributed by atoms with Crippen LogP contribution in [0.2, 0.25) is 15.1 Å². The van der Waals surface area contributed by atoms with E-state index >= 15 is 0 Å². The van der Waals surface area contributed by atoms with Gasteiger partial charge in [-0.15, -0.1) is 0 Å². The Morgan fingerprint density at radius 2 is 1.72 bits per heavy atom. The quantitative estimate of drug-likeness (QED) is 0.404. The van der Waals surface area contributed by atoms with Gasteiger partial charge < -0.3 is 9.80 Å². The largest absolute Gasteiger partial charge is 0.360 e. The highest BCUT2D eigenvalue weighted by Gasteiger charge is 2.32. The molecule has 1 atom stereocenters. The van der Waals surface area contributed by atoms with E-state index < -0.39 is 5.82 Å². The Balaban J connectivity index is 1.60. The molecule has 1 aliphatic rings. The van der Waals surface area contributed by atoms with E-state index in [0.717, 1.165) is 16.8 Å². The lowest BCUT2D eigenvalue weighted by Gasteiger charge is -2.43. The molecule has 0 spiro atoms. The fourth-order valence-electron chi connectivity index (χ4n) is 4.05. The van der Waals surface area contributed by atoms with Crippen LogP contribution in [-0.4, -0.2) is 30.4 Å². The Bertz CT molecular complexity index is 1140. The summed E-state index contributed by atoms with van der Waals surface area (Å²) >= 11 is 18.8. The highest BCUT2D eigenvalue weighted by molar-refractivity contribution is 6.33. The lowest BCUT2D eigenvalue weighted by molar-refractivity contribution is -0.131. The second kappa shape index (κ2) is 9.70. The Hall–Kier alpha value is -2.27. The molecule has 1 fully saturated rings. The van der Waals surface area contributed by atoms with E-state index in [2.05, 4.69) is 4.90 Å². The van der Waals surface area contributed by atoms with Crippen molar-refractivity contribution in [3.63, 3.8) is 0 Å². The van der Waals surface area contributed by atoms with Gasteiger partial charge in [0.25, 0.3) is 0 Å². The van der Waals surface area contributed by atoms with Crippen LogP contribution in [0.4, 0.5) is 10.1 Å². The average Bonchev–Trinajstić information content (AvgIpc) is 2.76. The summed E-state index contributed by atoms with van der Waals surface area (Å²) in [6.45, 7) is 3.66. The molecular formula is C25H22Cl3FN2O. The molecule has 166 valence electrons. The van der Waals surface area contributed by atoms with Crippen LogP contribution >= 0.6 is 34.8 Å². The number of benzene rings is 3. The highest BCUT2D eigenvalue weighted by atomic mass is 35.5. The van der Waals surface area contributed by atoms with E-state index in [9.17, 15) is 9.18 Å². The Morgan fingerprint density at radius 1 is 0.969 bits per heavy atom. The molecule has 3 aromatic rings. The molecule has 3 aromatic carbocycles. The molecule has 0 aliphatic carbocycles. The van der Waals surface area contributed by atoms with Crippen molar-refractivity contribution in [2.45, 2.75) is 19.4 Å². The number of piperazine rings is 1. The van der Waals surface area contributed by atoms with Gasteiger partial charge in [-0.25, -0.2) is 4.39 Å². The molecule has 7 heteroatoms. The number of nitrogens with zero attached hydrogens (tertiary/aromatic N) is 2. The third-order valence-electron chi connectivity index (χ3n) is 5.76. The zero-order valence-corrected chi connectivity index (χ0v) is 19.8. The van der Waals surface area contributed by atoms with E-state index in [1.807, 2.05) is 54.3 Å². The number of carbonyl (C=O) groups is 1. The molecule has 1 saturated heterocycles. The summed E-state index contributed by atoms with van der Waals surface area (Å²) in [6.07, 6.45) is 0.123. The summed E-state index contributed by atoms with van der Waals surface area (Å²) in [5, 5.41) is 1.60. The van der Waals surface area contributed by atoms with Crippen molar-refractivity contribution in [3.05, 3.63) is 98.2 Å². The molecule has 4 rings (SSSR count). The second-order valence-electron chi connectivity index (χ2n) is 7.97. The summed E-state index contributed by atoms with van der Waals surface area (Å²) in [5.41, 5.74) is 3.69. The maximum Gasteiger partial charge on any atom is 0.227 e. The molecule has 1 aliphatic heterocycles. The van der Waals surface area contributed by atoms with Crippen LogP contribution in [0, 0.1) is 12.7 Å². The fraction of sp³-hybridized carbons (Fsp3) is 0.240. The minimum Gasteiger partial charge on any atom is -0.360 e. The molecule has 0 aromatic heterocycles. The van der Waals surface area contributed by atoms with Crippen LogP contribution in [0.15, 0.2) is 60.7 Å². The predicted octanol–water partition coefficient (Wildman–Crippen LogP) is 6.73. The summed E-state index contributed by atoms with van der Waals surface area (Å²) in [6, 6.07) is 17.7. The molecule has 0 bridgehead atoms. The average molecular weight is 492 g/mol. The van der Waals surface area contributed by atoms with Gasteiger partial charge in [-0.1, -0.05) is 59.1 Å². The Labute approximate surface area is 202 Å². The van der Waals surface area contributed by atoms with Gasteiger partial charge in [0, 0.05) is 29.7 Å². The number of carbonyl (C=O) groups excluding carboxylic acids is 1. The highest BCUT2D eigenvalue weighted by Crippen LogP contribution is 2.36. The smallest absolute Gasteiger partial charge is 0.227 e. The van der Waals surface area contributed by atoms with E-state index in [1.165, 1.54) is 12.1 Å². The van der Waals surface area contributed by atoms with Crippen molar-refractivity contribution in [1.29, 1.82) is 0 Å². The molecule has 3 nitrogen and oxygen atoms in total. The summed E-state index contributed by atoms with van der Waals surface area (Å²) < 4.78 is 13.4. The zero-order chi connectivity index (χ0) is 22.8. The van der Waals surface area contributed by atoms with Crippen molar-refractivity contribution < 1.29 is 9.18 Å². The van der Waals surface area contributed by atoms with Gasteiger partial charge >= 0.3 is 0 Å². The van der Waals surface area contributed by atoms with Crippen LogP contribution in [0.3, 0.4) is 0 Å². The summed E-state index contributed by atoms with van der Waals surface area (Å²) in [4.78, 5) is 17.2. The zero-order valence-electron chi connectivity index (χ0n) is 17.5. The minimum atomic E-state index is -0.419. The third-order valence-corrected chi connectivity index (χ3v) is 6.66. The lowest BCUT2D eigenvalue weighted by Crippen LogP contribution is -2.51. The number of hydrogen-bond acceptors (Lipinski definition) is 2. The molecule has 1 amide bonds. The Kier molecular flexibility index (Phi) is 6.94. The number of rotatable bonds is 4. The van der Waals surface area contributed by atoms with Crippen LogP contribution in [0.25, 0.3) is 0 Å². The van der Waals surface area contributed by atoms with Gasteiger partial charge in [0.2, 0.25) is 5.91 Å². The van der Waals surface area contributed by atoms with Gasteiger partial charge in [-0.2, -0.15) is 0 Å². The Morgan fingerprint density at radius 3 is 2.41 bits per heavy atom. The van der Waals surface area contributed by atoms with Crippen molar-refractivity contribution in [2.75, 3.05) is 24.5 Å². The van der Waals surface area contributed by atoms with E-state index in [4.69, 9.17) is 34.8 Å². The number of aryl methyl sites for hydroxylation is 1. The number of halogens is 4. The van der Waals surface area contributed by atoms with Crippen molar-refractivity contribution in [2.24, 2.45) is 0 Å². The molecular weight excluding hydrogens is 470 g/mol. The van der Waals surface area contributed by atoms with Crippen LogP contribution < -0.4 is 4.90 Å². The summed E-state index contributed by atoms with van der Waals surface area (Å²) in [7, 11) is 0. The van der Waals surface area contributed by atoms with Gasteiger partial charge in [0.15, 0.2) is 0 Å². The first-order chi connectivity index (χ1) is 15.3. The van der Waals surface area contributed by atoms with Crippen LogP contribution in [-0.2, 0) is 11.2 Å². The third kappa shape index (κ3) is 5.03. The van der Waals surface area contributed by atoms with E-state index in [0.29, 0.717) is 35.2 Å². The van der Waals surface area contributed by atoms with Gasteiger partial charge in [-0.3, -0.25) is 4.79 Å². The van der Waals surface area contributed by atoms with Crippen molar-refractivity contribution >= 4 is 46.4 Å². The first kappa shape index (κ1) is 22.9. The predicted molar refractivity (Wildman–Crippen MR) is 129 cm³/mol. The SMILES string of the molecule is Cc1ccc(N2CCN(C(=O)Cc3ccc(F)cc3Cl)CC2c2ccc(Cl)cc2)c(Cl)c1. The normalized spacial score (nSPS) is 16.3. The maximum absolute atomic E-state index is 13.4. The summed E-state index contributed by atoms with van der Waals surface area (Å²) in [5.74, 6) is -0.468. The van der Waals surface area contributed by atoms with Gasteiger partial charge in [0.1, 0.15) is 5.82 Å². The molecule has 0 N–H and O–H groups in total. The molecule has 0 saturated carbocycles. The topological polar surface area (TPSA) is 23.6 Å². The first-order valence-corrected chi connectivity index (χ1v) is 11.4. The monoisotopic (exact) mass is 490 g/mol. The van der Waals surface area contributed by atoms with Gasteiger partial charge in [-0.05, 0) is 60.0 Å². The van der Waals surface area contributed by atoms with Crippen molar-refractivity contribution in [3.8, 4) is 0 Å². The van der Waals surface area contributed by atoms with E-state index in [1.54, 1.807) is 6.07 Å². The van der Waals surface area contributed by atoms with Gasteiger partial charge in [0.05, 0.1) is 23.2 Å². The lowest BCUT2D eigenvalue weighted by atomic mass is 10.00. The van der Waals surface area contributed by atoms with E-state index in [-0.39, 0.29) is 23.4 Å². The second-order valence-corrected chi connectivity index (χ2v) is 9.22. The number of amides is 1. The fourth-order valence-corrected chi connectivity index (χ4v) is 4.76. The van der Waals surface area contributed by atoms with Crippen LogP contribution in [0.1, 0.15) is 22.7 Å². The van der Waals surface area contributed by atoms with Crippen LogP contribution in [0.5, 0.6) is 0 Å². The molecule has 32 heavy (non-hydrogen) atoms. The maximum atomic E-state index is 13.4. The minimum absolute atomic E-state index is 0.0490. The molecule has 1 heterocycles.